The number of nitrogens with two attached hydrogens (primary N) is 1. The van der Waals surface area contributed by atoms with Crippen LogP contribution < -0.4 is 5.73 Å². The van der Waals surface area contributed by atoms with Gasteiger partial charge in [0.1, 0.15) is 5.60 Å². The third-order valence-corrected chi connectivity index (χ3v) is 4.05. The van der Waals surface area contributed by atoms with Crippen molar-refractivity contribution < 1.29 is 9.90 Å². The molecule has 98 valence electrons. The standard InChI is InChI=1S/C15H16N2O2/c16-14(18)15(19)6-5-12(9-15)10-3-4-13-11(8-10)2-1-7-17-13/h1-4,7-8,12,19H,5-6,9H2,(H2,16,18). The van der Waals surface area contributed by atoms with Crippen LogP contribution in [0.2, 0.25) is 0 Å². The lowest BCUT2D eigenvalue weighted by Crippen LogP contribution is -2.41. The van der Waals surface area contributed by atoms with Crippen LogP contribution in [-0.2, 0) is 4.79 Å². The summed E-state index contributed by atoms with van der Waals surface area (Å²) >= 11 is 0. The molecular formula is C15H16N2O2. The molecule has 1 heterocycles. The van der Waals surface area contributed by atoms with Gasteiger partial charge in [0.15, 0.2) is 0 Å². The molecule has 1 aromatic carbocycles. The van der Waals surface area contributed by atoms with Crippen LogP contribution in [0.25, 0.3) is 10.9 Å². The van der Waals surface area contributed by atoms with Crippen molar-refractivity contribution in [3.63, 3.8) is 0 Å². The highest BCUT2D eigenvalue weighted by atomic mass is 16.3. The topological polar surface area (TPSA) is 76.2 Å². The van der Waals surface area contributed by atoms with Crippen molar-refractivity contribution in [3.8, 4) is 0 Å². The fourth-order valence-electron chi connectivity index (χ4n) is 2.88. The predicted octanol–water partition coefficient (Wildman–Crippen LogP) is 1.72. The zero-order chi connectivity index (χ0) is 13.5. The highest BCUT2D eigenvalue weighted by Gasteiger charge is 2.42. The first kappa shape index (κ1) is 12.1. The summed E-state index contributed by atoms with van der Waals surface area (Å²) in [6.45, 7) is 0. The van der Waals surface area contributed by atoms with Crippen LogP contribution in [0.1, 0.15) is 30.7 Å². The molecule has 1 fully saturated rings. The monoisotopic (exact) mass is 256 g/mol. The average Bonchev–Trinajstić information content (AvgIpc) is 2.82. The Hall–Kier alpha value is -1.94. The number of aliphatic hydroxyl groups is 1. The highest BCUT2D eigenvalue weighted by Crippen LogP contribution is 2.41. The highest BCUT2D eigenvalue weighted by molar-refractivity contribution is 5.84. The van der Waals surface area contributed by atoms with E-state index >= 15 is 0 Å². The summed E-state index contributed by atoms with van der Waals surface area (Å²) in [6.07, 6.45) is 3.40. The van der Waals surface area contributed by atoms with E-state index in [1.165, 1.54) is 0 Å². The van der Waals surface area contributed by atoms with Gasteiger partial charge in [-0.25, -0.2) is 0 Å². The Kier molecular flexibility index (Phi) is 2.75. The number of benzene rings is 1. The summed E-state index contributed by atoms with van der Waals surface area (Å²) in [6, 6.07) is 10.0. The van der Waals surface area contributed by atoms with E-state index in [1.807, 2.05) is 24.3 Å². The molecular weight excluding hydrogens is 240 g/mol. The van der Waals surface area contributed by atoms with Gasteiger partial charge in [-0.15, -0.1) is 0 Å². The SMILES string of the molecule is NC(=O)C1(O)CCC(c2ccc3ncccc3c2)C1. The van der Waals surface area contributed by atoms with Crippen LogP contribution in [0.15, 0.2) is 36.5 Å². The molecule has 4 nitrogen and oxygen atoms in total. The van der Waals surface area contributed by atoms with E-state index in [0.717, 1.165) is 22.9 Å². The summed E-state index contributed by atoms with van der Waals surface area (Å²) in [5.41, 5.74) is 6.02. The molecule has 1 aromatic heterocycles. The van der Waals surface area contributed by atoms with Crippen LogP contribution in [0.3, 0.4) is 0 Å². The molecule has 1 amide bonds. The van der Waals surface area contributed by atoms with Crippen molar-refractivity contribution >= 4 is 16.8 Å². The summed E-state index contributed by atoms with van der Waals surface area (Å²) < 4.78 is 0. The van der Waals surface area contributed by atoms with Gasteiger partial charge in [-0.3, -0.25) is 9.78 Å². The molecule has 2 unspecified atom stereocenters. The van der Waals surface area contributed by atoms with E-state index in [1.54, 1.807) is 6.20 Å². The quantitative estimate of drug-likeness (QED) is 0.859. The maximum atomic E-state index is 11.3. The molecule has 1 saturated carbocycles. The van der Waals surface area contributed by atoms with Gasteiger partial charge < -0.3 is 10.8 Å². The Labute approximate surface area is 111 Å². The Morgan fingerprint density at radius 1 is 1.42 bits per heavy atom. The molecule has 0 spiro atoms. The number of aromatic nitrogens is 1. The van der Waals surface area contributed by atoms with Crippen molar-refractivity contribution in [1.29, 1.82) is 0 Å². The Morgan fingerprint density at radius 2 is 2.26 bits per heavy atom. The molecule has 1 aliphatic rings. The first-order valence-corrected chi connectivity index (χ1v) is 6.45. The maximum absolute atomic E-state index is 11.3. The van der Waals surface area contributed by atoms with E-state index in [0.29, 0.717) is 12.8 Å². The summed E-state index contributed by atoms with van der Waals surface area (Å²) in [4.78, 5) is 15.6. The second-order valence-electron chi connectivity index (χ2n) is 5.29. The molecule has 1 aliphatic carbocycles. The van der Waals surface area contributed by atoms with Crippen LogP contribution in [0.5, 0.6) is 0 Å². The van der Waals surface area contributed by atoms with E-state index in [9.17, 15) is 9.90 Å². The lowest BCUT2D eigenvalue weighted by Gasteiger charge is -2.18. The zero-order valence-electron chi connectivity index (χ0n) is 10.5. The van der Waals surface area contributed by atoms with E-state index < -0.39 is 11.5 Å². The molecule has 0 saturated heterocycles. The fraction of sp³-hybridized carbons (Fsp3) is 0.333. The smallest absolute Gasteiger partial charge is 0.249 e. The van der Waals surface area contributed by atoms with Crippen molar-refractivity contribution in [2.24, 2.45) is 5.73 Å². The van der Waals surface area contributed by atoms with Gasteiger partial charge in [-0.2, -0.15) is 0 Å². The van der Waals surface area contributed by atoms with Gasteiger partial charge in [0, 0.05) is 11.6 Å². The number of carbonyl (C=O) groups excluding carboxylic acids is 1. The summed E-state index contributed by atoms with van der Waals surface area (Å²) in [7, 11) is 0. The molecule has 0 bridgehead atoms. The largest absolute Gasteiger partial charge is 0.380 e. The Bertz CT molecular complexity index is 641. The van der Waals surface area contributed by atoms with Gasteiger partial charge in [0.2, 0.25) is 5.91 Å². The van der Waals surface area contributed by atoms with E-state index in [-0.39, 0.29) is 5.92 Å². The lowest BCUT2D eigenvalue weighted by molar-refractivity contribution is -0.135. The number of rotatable bonds is 2. The number of hydrogen-bond acceptors (Lipinski definition) is 3. The number of primary amides is 1. The third kappa shape index (κ3) is 2.08. The molecule has 3 rings (SSSR count). The molecule has 19 heavy (non-hydrogen) atoms. The number of fused-ring (bicyclic) bond motifs is 1. The zero-order valence-corrected chi connectivity index (χ0v) is 10.5. The molecule has 0 radical (unpaired) electrons. The van der Waals surface area contributed by atoms with Gasteiger partial charge >= 0.3 is 0 Å². The van der Waals surface area contributed by atoms with Crippen LogP contribution in [0.4, 0.5) is 0 Å². The van der Waals surface area contributed by atoms with Crippen molar-refractivity contribution in [1.82, 2.24) is 4.98 Å². The fourth-order valence-corrected chi connectivity index (χ4v) is 2.88. The number of nitrogens with zero attached hydrogens (tertiary/aromatic N) is 1. The average molecular weight is 256 g/mol. The van der Waals surface area contributed by atoms with Gasteiger partial charge in [-0.05, 0) is 48.9 Å². The maximum Gasteiger partial charge on any atom is 0.249 e. The minimum absolute atomic E-state index is 0.183. The van der Waals surface area contributed by atoms with Crippen LogP contribution >= 0.6 is 0 Å². The van der Waals surface area contributed by atoms with E-state index in [2.05, 4.69) is 11.1 Å². The van der Waals surface area contributed by atoms with Crippen molar-refractivity contribution in [2.45, 2.75) is 30.8 Å². The molecule has 2 aromatic rings. The molecule has 0 aliphatic heterocycles. The Balaban J connectivity index is 1.92. The van der Waals surface area contributed by atoms with Gasteiger partial charge in [-0.1, -0.05) is 12.1 Å². The second-order valence-corrected chi connectivity index (χ2v) is 5.29. The number of pyridine rings is 1. The third-order valence-electron chi connectivity index (χ3n) is 4.05. The summed E-state index contributed by atoms with van der Waals surface area (Å²) in [5, 5.41) is 11.2. The van der Waals surface area contributed by atoms with Gasteiger partial charge in [0.05, 0.1) is 5.52 Å². The van der Waals surface area contributed by atoms with Crippen LogP contribution in [0, 0.1) is 0 Å². The lowest BCUT2D eigenvalue weighted by atomic mass is 9.93. The molecule has 4 heteroatoms. The van der Waals surface area contributed by atoms with Gasteiger partial charge in [0.25, 0.3) is 0 Å². The second kappa shape index (κ2) is 4.31. The van der Waals surface area contributed by atoms with Crippen LogP contribution in [-0.4, -0.2) is 21.6 Å². The minimum atomic E-state index is -1.34. The first-order chi connectivity index (χ1) is 9.08. The normalized spacial score (nSPS) is 26.7. The number of carbonyl (C=O) groups is 1. The number of amides is 1. The minimum Gasteiger partial charge on any atom is -0.380 e. The van der Waals surface area contributed by atoms with Crippen molar-refractivity contribution in [3.05, 3.63) is 42.1 Å². The predicted molar refractivity (Wildman–Crippen MR) is 72.5 cm³/mol. The summed E-state index contributed by atoms with van der Waals surface area (Å²) in [5.74, 6) is -0.431. The van der Waals surface area contributed by atoms with E-state index in [4.69, 9.17) is 5.73 Å². The van der Waals surface area contributed by atoms with Crippen molar-refractivity contribution in [2.75, 3.05) is 0 Å². The first-order valence-electron chi connectivity index (χ1n) is 6.45. The molecule has 3 N–H and O–H groups in total. The molecule has 2 atom stereocenters. The number of hydrogen-bond donors (Lipinski definition) is 2. The Morgan fingerprint density at radius 3 is 3.00 bits per heavy atom.